The van der Waals surface area contributed by atoms with Gasteiger partial charge in [0.05, 0.1) is 11.1 Å². The molecule has 15 heavy (non-hydrogen) atoms. The van der Waals surface area contributed by atoms with Crippen LogP contribution in [0.5, 0.6) is 5.75 Å². The van der Waals surface area contributed by atoms with Gasteiger partial charge in [-0.15, -0.1) is 0 Å². The minimum Gasteiger partial charge on any atom is -0.493 e. The van der Waals surface area contributed by atoms with Gasteiger partial charge in [0.2, 0.25) is 0 Å². The van der Waals surface area contributed by atoms with Crippen molar-refractivity contribution in [3.8, 4) is 5.75 Å². The molecule has 4 heteroatoms. The summed E-state index contributed by atoms with van der Waals surface area (Å²) in [6.07, 6.45) is 0.658. The zero-order chi connectivity index (χ0) is 11.4. The predicted octanol–water partition coefficient (Wildman–Crippen LogP) is 2.86. The number of carbonyl (C=O) groups excluding carboxylic acids is 2. The van der Waals surface area contributed by atoms with Gasteiger partial charge in [0.25, 0.3) is 0 Å². The van der Waals surface area contributed by atoms with Gasteiger partial charge in [0.15, 0.2) is 12.1 Å². The van der Waals surface area contributed by atoms with Crippen molar-refractivity contribution in [1.82, 2.24) is 0 Å². The van der Waals surface area contributed by atoms with Crippen molar-refractivity contribution in [2.45, 2.75) is 13.8 Å². The molecule has 0 aliphatic rings. The molecule has 0 atom stereocenters. The Bertz CT molecular complexity index is 399. The molecule has 1 rings (SSSR count). The van der Waals surface area contributed by atoms with Crippen molar-refractivity contribution >= 4 is 28.0 Å². The molecular weight excluding hydrogens is 260 g/mol. The summed E-state index contributed by atoms with van der Waals surface area (Å²) in [6.45, 7) is 3.79. The minimum atomic E-state index is -0.138. The van der Waals surface area contributed by atoms with Crippen LogP contribution in [0.4, 0.5) is 0 Å². The highest BCUT2D eigenvalue weighted by molar-refractivity contribution is 9.10. The Morgan fingerprint density at radius 1 is 1.53 bits per heavy atom. The molecule has 0 spiro atoms. The third kappa shape index (κ3) is 2.65. The quantitative estimate of drug-likeness (QED) is 0.624. The highest BCUT2D eigenvalue weighted by atomic mass is 79.9. The molecule has 0 saturated carbocycles. The molecular formula is C11H11BrO3. The first-order valence-corrected chi connectivity index (χ1v) is 5.32. The summed E-state index contributed by atoms with van der Waals surface area (Å²) in [5.41, 5.74) is 0.759. The summed E-state index contributed by atoms with van der Waals surface area (Å²) in [6, 6.07) is 3.17. The molecule has 1 aromatic rings. The lowest BCUT2D eigenvalue weighted by Crippen LogP contribution is -2.01. The van der Waals surface area contributed by atoms with Gasteiger partial charge in [-0.05, 0) is 41.9 Å². The zero-order valence-corrected chi connectivity index (χ0v) is 10.1. The van der Waals surface area contributed by atoms with Gasteiger partial charge in [0.1, 0.15) is 5.75 Å². The second-order valence-electron chi connectivity index (χ2n) is 2.98. The molecule has 0 unspecified atom stereocenters. The standard InChI is InChI=1S/C11H11BrO3/c1-3-15-11-4-8(6-13)9(7(2)14)5-10(11)12/h4-6H,3H2,1-2H3. The van der Waals surface area contributed by atoms with Crippen LogP contribution in [-0.2, 0) is 0 Å². The summed E-state index contributed by atoms with van der Waals surface area (Å²) in [5.74, 6) is 0.436. The van der Waals surface area contributed by atoms with E-state index in [4.69, 9.17) is 4.74 Å². The molecule has 0 N–H and O–H groups in total. The average molecular weight is 271 g/mol. The first-order valence-electron chi connectivity index (χ1n) is 4.52. The maximum atomic E-state index is 11.2. The first kappa shape index (κ1) is 11.9. The Balaban J connectivity index is 3.28. The van der Waals surface area contributed by atoms with Gasteiger partial charge in [-0.1, -0.05) is 0 Å². The number of rotatable bonds is 4. The number of aldehydes is 1. The van der Waals surface area contributed by atoms with Gasteiger partial charge < -0.3 is 4.74 Å². The molecule has 0 saturated heterocycles. The van der Waals surface area contributed by atoms with Gasteiger partial charge in [-0.2, -0.15) is 0 Å². The number of halogens is 1. The molecule has 0 bridgehead atoms. The molecule has 80 valence electrons. The lowest BCUT2D eigenvalue weighted by Gasteiger charge is -2.08. The van der Waals surface area contributed by atoms with E-state index in [2.05, 4.69) is 15.9 Å². The van der Waals surface area contributed by atoms with Crippen LogP contribution in [0.1, 0.15) is 34.6 Å². The topological polar surface area (TPSA) is 43.4 Å². The van der Waals surface area contributed by atoms with E-state index < -0.39 is 0 Å². The number of ether oxygens (including phenoxy) is 1. The van der Waals surface area contributed by atoms with E-state index in [-0.39, 0.29) is 5.78 Å². The van der Waals surface area contributed by atoms with Crippen molar-refractivity contribution in [3.63, 3.8) is 0 Å². The highest BCUT2D eigenvalue weighted by Crippen LogP contribution is 2.28. The predicted molar refractivity (Wildman–Crippen MR) is 60.7 cm³/mol. The van der Waals surface area contributed by atoms with E-state index in [1.807, 2.05) is 6.92 Å². The molecule has 0 aromatic heterocycles. The van der Waals surface area contributed by atoms with Gasteiger partial charge >= 0.3 is 0 Å². The van der Waals surface area contributed by atoms with Crippen LogP contribution in [0.15, 0.2) is 16.6 Å². The van der Waals surface area contributed by atoms with Crippen LogP contribution in [0.3, 0.4) is 0 Å². The normalized spacial score (nSPS) is 9.80. The Morgan fingerprint density at radius 2 is 2.20 bits per heavy atom. The van der Waals surface area contributed by atoms with Crippen LogP contribution in [-0.4, -0.2) is 18.7 Å². The third-order valence-electron chi connectivity index (χ3n) is 1.91. The lowest BCUT2D eigenvalue weighted by molar-refractivity contribution is 0.100. The van der Waals surface area contributed by atoms with Gasteiger partial charge in [-0.3, -0.25) is 9.59 Å². The second kappa shape index (κ2) is 5.07. The Morgan fingerprint density at radius 3 is 2.67 bits per heavy atom. The maximum Gasteiger partial charge on any atom is 0.160 e. The van der Waals surface area contributed by atoms with Crippen LogP contribution in [0.2, 0.25) is 0 Å². The number of hydrogen-bond acceptors (Lipinski definition) is 3. The monoisotopic (exact) mass is 270 g/mol. The smallest absolute Gasteiger partial charge is 0.160 e. The summed E-state index contributed by atoms with van der Waals surface area (Å²) < 4.78 is 5.98. The molecule has 0 fully saturated rings. The zero-order valence-electron chi connectivity index (χ0n) is 8.54. The van der Waals surface area contributed by atoms with E-state index >= 15 is 0 Å². The average Bonchev–Trinajstić information content (AvgIpc) is 2.20. The minimum absolute atomic E-state index is 0.138. The fourth-order valence-corrected chi connectivity index (χ4v) is 1.70. The molecule has 1 aromatic carbocycles. The van der Waals surface area contributed by atoms with E-state index in [1.54, 1.807) is 12.1 Å². The summed E-state index contributed by atoms with van der Waals surface area (Å²) in [5, 5.41) is 0. The Kier molecular flexibility index (Phi) is 4.03. The fourth-order valence-electron chi connectivity index (χ4n) is 1.24. The number of ketones is 1. The number of benzene rings is 1. The van der Waals surface area contributed by atoms with Crippen molar-refractivity contribution in [3.05, 3.63) is 27.7 Å². The van der Waals surface area contributed by atoms with Crippen molar-refractivity contribution in [1.29, 1.82) is 0 Å². The molecule has 0 radical (unpaired) electrons. The lowest BCUT2D eigenvalue weighted by atomic mass is 10.1. The fraction of sp³-hybridized carbons (Fsp3) is 0.273. The molecule has 0 aliphatic heterocycles. The highest BCUT2D eigenvalue weighted by Gasteiger charge is 2.11. The van der Waals surface area contributed by atoms with Gasteiger partial charge in [-0.25, -0.2) is 0 Å². The number of Topliss-reactive ketones (excluding diaryl/α,β-unsaturated/α-hetero) is 1. The van der Waals surface area contributed by atoms with Crippen molar-refractivity contribution < 1.29 is 14.3 Å². The Hall–Kier alpha value is -1.16. The first-order chi connectivity index (χ1) is 7.10. The SMILES string of the molecule is CCOc1cc(C=O)c(C(C)=O)cc1Br. The Labute approximate surface area is 96.6 Å². The van der Waals surface area contributed by atoms with E-state index in [0.29, 0.717) is 34.2 Å². The van der Waals surface area contributed by atoms with E-state index in [0.717, 1.165) is 0 Å². The van der Waals surface area contributed by atoms with E-state index in [9.17, 15) is 9.59 Å². The molecule has 0 amide bonds. The number of hydrogen-bond donors (Lipinski definition) is 0. The second-order valence-corrected chi connectivity index (χ2v) is 3.83. The maximum absolute atomic E-state index is 11.2. The molecule has 0 heterocycles. The summed E-state index contributed by atoms with van der Waals surface area (Å²) in [7, 11) is 0. The van der Waals surface area contributed by atoms with Crippen molar-refractivity contribution in [2.24, 2.45) is 0 Å². The van der Waals surface area contributed by atoms with E-state index in [1.165, 1.54) is 6.92 Å². The van der Waals surface area contributed by atoms with Crippen LogP contribution in [0.25, 0.3) is 0 Å². The summed E-state index contributed by atoms with van der Waals surface area (Å²) >= 11 is 3.29. The van der Waals surface area contributed by atoms with Crippen LogP contribution < -0.4 is 4.74 Å². The van der Waals surface area contributed by atoms with Crippen LogP contribution in [0, 0.1) is 0 Å². The summed E-state index contributed by atoms with van der Waals surface area (Å²) in [4.78, 5) is 22.0. The molecule has 0 aliphatic carbocycles. The van der Waals surface area contributed by atoms with Crippen molar-refractivity contribution in [2.75, 3.05) is 6.61 Å². The third-order valence-corrected chi connectivity index (χ3v) is 2.53. The van der Waals surface area contributed by atoms with Gasteiger partial charge in [0, 0.05) is 11.1 Å². The number of carbonyl (C=O) groups is 2. The largest absolute Gasteiger partial charge is 0.493 e. The molecule has 3 nitrogen and oxygen atoms in total. The van der Waals surface area contributed by atoms with Crippen LogP contribution >= 0.6 is 15.9 Å².